The molecule has 0 aliphatic rings. The molecule has 0 radical (unpaired) electrons. The molecule has 0 saturated carbocycles. The molecule has 1 heterocycles. The van der Waals surface area contributed by atoms with Crippen molar-refractivity contribution in [1.82, 2.24) is 9.13 Å². The number of nitrogens with zero attached hydrogens (tertiary/aromatic N) is 2. The molecule has 0 unspecified atom stereocenters. The van der Waals surface area contributed by atoms with Crippen LogP contribution >= 0.6 is 15.9 Å². The molecule has 7 heteroatoms. The number of rotatable bonds is 5. The minimum atomic E-state index is -0.281. The first-order chi connectivity index (χ1) is 12.1. The molecule has 2 aromatic carbocycles. The van der Waals surface area contributed by atoms with E-state index in [1.807, 2.05) is 12.1 Å². The number of benzene rings is 2. The molecule has 0 spiro atoms. The second-order valence-electron chi connectivity index (χ2n) is 5.33. The topological polar surface area (TPSA) is 65.3 Å². The molecule has 1 N–H and O–H groups in total. The summed E-state index contributed by atoms with van der Waals surface area (Å²) in [6.07, 6.45) is 3.23. The second kappa shape index (κ2) is 7.40. The van der Waals surface area contributed by atoms with Crippen molar-refractivity contribution in [2.45, 2.75) is 6.54 Å². The van der Waals surface area contributed by atoms with Gasteiger partial charge in [-0.1, -0.05) is 15.9 Å². The van der Waals surface area contributed by atoms with Gasteiger partial charge in [0.2, 0.25) is 5.91 Å². The first-order valence-corrected chi connectivity index (χ1v) is 8.34. The highest BCUT2D eigenvalue weighted by molar-refractivity contribution is 9.10. The Balaban J connectivity index is 1.73. The summed E-state index contributed by atoms with van der Waals surface area (Å²) in [7, 11) is 1.59. The fraction of sp³-hybridized carbons (Fsp3) is 0.111. The molecule has 25 heavy (non-hydrogen) atoms. The summed E-state index contributed by atoms with van der Waals surface area (Å²) in [6, 6.07) is 14.4. The Morgan fingerprint density at radius 3 is 2.40 bits per heavy atom. The van der Waals surface area contributed by atoms with Crippen molar-refractivity contribution in [3.05, 3.63) is 75.9 Å². The lowest BCUT2D eigenvalue weighted by Gasteiger charge is -2.06. The summed E-state index contributed by atoms with van der Waals surface area (Å²) in [5.74, 6) is 0.446. The summed E-state index contributed by atoms with van der Waals surface area (Å²) < 4.78 is 8.88. The molecular formula is C18H16BrN3O3. The van der Waals surface area contributed by atoms with Gasteiger partial charge in [-0.25, -0.2) is 4.79 Å². The van der Waals surface area contributed by atoms with Gasteiger partial charge in [0.1, 0.15) is 12.3 Å². The van der Waals surface area contributed by atoms with Crippen molar-refractivity contribution in [2.75, 3.05) is 12.4 Å². The van der Waals surface area contributed by atoms with Crippen LogP contribution in [0.4, 0.5) is 5.69 Å². The predicted molar refractivity (Wildman–Crippen MR) is 99.4 cm³/mol. The Hall–Kier alpha value is -2.80. The third-order valence-corrected chi connectivity index (χ3v) is 4.17. The van der Waals surface area contributed by atoms with Gasteiger partial charge in [0.25, 0.3) is 0 Å². The van der Waals surface area contributed by atoms with E-state index in [1.165, 1.54) is 9.13 Å². The highest BCUT2D eigenvalue weighted by Gasteiger charge is 2.09. The lowest BCUT2D eigenvalue weighted by atomic mass is 10.3. The standard InChI is InChI=1S/C18H16BrN3O3/c1-25-16-8-6-15(7-9-16)22-11-10-21(18(22)24)12-17(23)20-14-4-2-13(19)3-5-14/h2-11H,12H2,1H3,(H,20,23). The highest BCUT2D eigenvalue weighted by atomic mass is 79.9. The van der Waals surface area contributed by atoms with Crippen molar-refractivity contribution < 1.29 is 9.53 Å². The molecule has 1 aromatic heterocycles. The Morgan fingerprint density at radius 2 is 1.76 bits per heavy atom. The van der Waals surface area contributed by atoms with Crippen molar-refractivity contribution in [3.63, 3.8) is 0 Å². The van der Waals surface area contributed by atoms with Crippen LogP contribution in [-0.4, -0.2) is 22.2 Å². The fourth-order valence-corrected chi connectivity index (χ4v) is 2.63. The van der Waals surface area contributed by atoms with Gasteiger partial charge in [-0.3, -0.25) is 13.9 Å². The van der Waals surface area contributed by atoms with Crippen molar-refractivity contribution in [2.24, 2.45) is 0 Å². The van der Waals surface area contributed by atoms with Gasteiger partial charge in [-0.2, -0.15) is 0 Å². The summed E-state index contributed by atoms with van der Waals surface area (Å²) in [5, 5.41) is 2.76. The average molecular weight is 402 g/mol. The number of amides is 1. The average Bonchev–Trinajstić information content (AvgIpc) is 2.97. The van der Waals surface area contributed by atoms with Gasteiger partial charge in [0.15, 0.2) is 0 Å². The minimum Gasteiger partial charge on any atom is -0.497 e. The molecule has 0 fully saturated rings. The van der Waals surface area contributed by atoms with Gasteiger partial charge < -0.3 is 10.1 Å². The van der Waals surface area contributed by atoms with Crippen LogP contribution in [0.3, 0.4) is 0 Å². The second-order valence-corrected chi connectivity index (χ2v) is 6.25. The van der Waals surface area contributed by atoms with Crippen LogP contribution in [0.1, 0.15) is 0 Å². The van der Waals surface area contributed by atoms with Crippen molar-refractivity contribution >= 4 is 27.5 Å². The third-order valence-electron chi connectivity index (χ3n) is 3.64. The summed E-state index contributed by atoms with van der Waals surface area (Å²) in [4.78, 5) is 24.6. The predicted octanol–water partition coefficient (Wildman–Crippen LogP) is 3.05. The zero-order chi connectivity index (χ0) is 17.8. The number of carbonyl (C=O) groups excluding carboxylic acids is 1. The smallest absolute Gasteiger partial charge is 0.333 e. The molecule has 6 nitrogen and oxygen atoms in total. The fourth-order valence-electron chi connectivity index (χ4n) is 2.36. The lowest BCUT2D eigenvalue weighted by molar-refractivity contribution is -0.116. The Kier molecular flexibility index (Phi) is 5.04. The molecule has 0 bridgehead atoms. The van der Waals surface area contributed by atoms with E-state index < -0.39 is 0 Å². The maximum Gasteiger partial charge on any atom is 0.333 e. The van der Waals surface area contributed by atoms with Crippen LogP contribution in [0.25, 0.3) is 5.69 Å². The highest BCUT2D eigenvalue weighted by Crippen LogP contribution is 2.15. The number of imidazole rings is 1. The normalized spacial score (nSPS) is 10.5. The number of anilines is 1. The molecule has 0 aliphatic carbocycles. The maximum atomic E-state index is 12.5. The molecule has 0 atom stereocenters. The molecular weight excluding hydrogens is 386 g/mol. The van der Waals surface area contributed by atoms with E-state index in [0.717, 1.165) is 4.47 Å². The van der Waals surface area contributed by atoms with E-state index in [9.17, 15) is 9.59 Å². The largest absolute Gasteiger partial charge is 0.497 e. The van der Waals surface area contributed by atoms with E-state index in [0.29, 0.717) is 17.1 Å². The van der Waals surface area contributed by atoms with Crippen LogP contribution in [0.15, 0.2) is 70.2 Å². The summed E-state index contributed by atoms with van der Waals surface area (Å²) >= 11 is 3.34. The molecule has 0 aliphatic heterocycles. The number of carbonyl (C=O) groups is 1. The van der Waals surface area contributed by atoms with Crippen LogP contribution in [0.2, 0.25) is 0 Å². The monoisotopic (exact) mass is 401 g/mol. The molecule has 128 valence electrons. The van der Waals surface area contributed by atoms with E-state index >= 15 is 0 Å². The zero-order valence-corrected chi connectivity index (χ0v) is 15.1. The van der Waals surface area contributed by atoms with Gasteiger partial charge in [-0.05, 0) is 48.5 Å². The molecule has 3 rings (SSSR count). The molecule has 0 saturated heterocycles. The molecule has 1 amide bonds. The minimum absolute atomic E-state index is 0.0575. The number of halogens is 1. The number of aromatic nitrogens is 2. The van der Waals surface area contributed by atoms with Crippen LogP contribution in [0, 0.1) is 0 Å². The Bertz CT molecular complexity index is 927. The number of nitrogens with one attached hydrogen (secondary N) is 1. The number of methoxy groups -OCH3 is 1. The first-order valence-electron chi connectivity index (χ1n) is 7.54. The first kappa shape index (κ1) is 17.0. The number of hydrogen-bond donors (Lipinski definition) is 1. The lowest BCUT2D eigenvalue weighted by Crippen LogP contribution is -2.28. The third kappa shape index (κ3) is 4.00. The van der Waals surface area contributed by atoms with E-state index in [2.05, 4.69) is 21.2 Å². The van der Waals surface area contributed by atoms with Crippen LogP contribution in [0.5, 0.6) is 5.75 Å². The van der Waals surface area contributed by atoms with Gasteiger partial charge in [-0.15, -0.1) is 0 Å². The number of hydrogen-bond acceptors (Lipinski definition) is 3. The van der Waals surface area contributed by atoms with Gasteiger partial charge in [0, 0.05) is 22.6 Å². The number of ether oxygens (including phenoxy) is 1. The quantitative estimate of drug-likeness (QED) is 0.714. The summed E-state index contributed by atoms with van der Waals surface area (Å²) in [6.45, 7) is -0.0575. The van der Waals surface area contributed by atoms with Gasteiger partial charge >= 0.3 is 5.69 Å². The van der Waals surface area contributed by atoms with E-state index in [-0.39, 0.29) is 18.1 Å². The summed E-state index contributed by atoms with van der Waals surface area (Å²) in [5.41, 5.74) is 1.10. The van der Waals surface area contributed by atoms with Crippen molar-refractivity contribution in [3.8, 4) is 11.4 Å². The zero-order valence-electron chi connectivity index (χ0n) is 13.5. The van der Waals surface area contributed by atoms with E-state index in [4.69, 9.17) is 4.74 Å². The van der Waals surface area contributed by atoms with Crippen LogP contribution < -0.4 is 15.7 Å². The van der Waals surface area contributed by atoms with Crippen LogP contribution in [-0.2, 0) is 11.3 Å². The van der Waals surface area contributed by atoms with Crippen molar-refractivity contribution in [1.29, 1.82) is 0 Å². The van der Waals surface area contributed by atoms with Gasteiger partial charge in [0.05, 0.1) is 12.8 Å². The SMILES string of the molecule is COc1ccc(-n2ccn(CC(=O)Nc3ccc(Br)cc3)c2=O)cc1. The Morgan fingerprint density at radius 1 is 1.08 bits per heavy atom. The Labute approximate surface area is 152 Å². The maximum absolute atomic E-state index is 12.5. The molecule has 3 aromatic rings. The van der Waals surface area contributed by atoms with E-state index in [1.54, 1.807) is 55.9 Å².